The number of ether oxygens (including phenoxy) is 2. The van der Waals surface area contributed by atoms with Gasteiger partial charge in [0.25, 0.3) is 5.91 Å². The number of carbonyl (C=O) groups excluding carboxylic acids is 2. The van der Waals surface area contributed by atoms with Crippen LogP contribution in [0.4, 0.5) is 4.79 Å². The first-order valence-corrected chi connectivity index (χ1v) is 10.7. The van der Waals surface area contributed by atoms with Crippen molar-refractivity contribution in [2.45, 2.75) is 44.6 Å². The number of carbonyl (C=O) groups is 2. The van der Waals surface area contributed by atoms with Crippen LogP contribution < -0.4 is 14.8 Å². The van der Waals surface area contributed by atoms with Crippen molar-refractivity contribution in [1.29, 1.82) is 0 Å². The second kappa shape index (κ2) is 8.78. The first-order chi connectivity index (χ1) is 14.6. The van der Waals surface area contributed by atoms with E-state index in [2.05, 4.69) is 18.3 Å². The number of aryl methyl sites for hydroxylation is 1. The number of hydrogen-bond acceptors (Lipinski definition) is 4. The van der Waals surface area contributed by atoms with E-state index >= 15 is 0 Å². The van der Waals surface area contributed by atoms with E-state index in [1.165, 1.54) is 4.90 Å². The normalized spacial score (nSPS) is 20.6. The van der Waals surface area contributed by atoms with Crippen molar-refractivity contribution in [2.75, 3.05) is 19.8 Å². The minimum atomic E-state index is -0.942. The fraction of sp³-hybridized carbons (Fsp3) is 0.417. The lowest BCUT2D eigenvalue weighted by atomic mass is 9.84. The van der Waals surface area contributed by atoms with Gasteiger partial charge in [0, 0.05) is 0 Å². The van der Waals surface area contributed by atoms with Gasteiger partial charge < -0.3 is 14.8 Å². The molecule has 1 unspecified atom stereocenters. The molecule has 158 valence electrons. The Labute approximate surface area is 177 Å². The van der Waals surface area contributed by atoms with Crippen LogP contribution in [-0.2, 0) is 16.8 Å². The molecule has 1 aliphatic heterocycles. The maximum atomic E-state index is 13.4. The van der Waals surface area contributed by atoms with Gasteiger partial charge in [0.2, 0.25) is 0 Å². The molecular weight excluding hydrogens is 380 g/mol. The minimum absolute atomic E-state index is 0.172. The molecule has 1 spiro atoms. The molecule has 30 heavy (non-hydrogen) atoms. The highest BCUT2D eigenvalue weighted by molar-refractivity contribution is 6.07. The molecule has 3 amide bonds. The second-order valence-electron chi connectivity index (χ2n) is 7.82. The van der Waals surface area contributed by atoms with Crippen LogP contribution in [0.15, 0.2) is 48.5 Å². The zero-order valence-corrected chi connectivity index (χ0v) is 17.4. The number of hydrogen-bond donors (Lipinski definition) is 1. The molecule has 1 atom stereocenters. The maximum Gasteiger partial charge on any atom is 0.325 e. The summed E-state index contributed by atoms with van der Waals surface area (Å²) < 4.78 is 11.3. The largest absolute Gasteiger partial charge is 0.494 e. The van der Waals surface area contributed by atoms with E-state index in [0.717, 1.165) is 42.6 Å². The van der Waals surface area contributed by atoms with E-state index in [1.54, 1.807) is 0 Å². The Balaban J connectivity index is 1.42. The third kappa shape index (κ3) is 3.86. The number of imide groups is 1. The summed E-state index contributed by atoms with van der Waals surface area (Å²) in [4.78, 5) is 27.3. The van der Waals surface area contributed by atoms with E-state index in [9.17, 15) is 9.59 Å². The highest BCUT2D eigenvalue weighted by atomic mass is 16.5. The van der Waals surface area contributed by atoms with Gasteiger partial charge in [-0.05, 0) is 67.5 Å². The number of fused-ring (bicyclic) bond motifs is 2. The Morgan fingerprint density at radius 2 is 1.67 bits per heavy atom. The van der Waals surface area contributed by atoms with Gasteiger partial charge in [-0.15, -0.1) is 0 Å². The third-order valence-electron chi connectivity index (χ3n) is 5.78. The summed E-state index contributed by atoms with van der Waals surface area (Å²) in [7, 11) is 0. The molecule has 1 fully saturated rings. The van der Waals surface area contributed by atoms with Gasteiger partial charge in [-0.2, -0.15) is 0 Å². The number of rotatable bonds is 7. The molecule has 6 heteroatoms. The monoisotopic (exact) mass is 408 g/mol. The van der Waals surface area contributed by atoms with Crippen LogP contribution >= 0.6 is 0 Å². The highest BCUT2D eigenvalue weighted by Crippen LogP contribution is 2.38. The highest BCUT2D eigenvalue weighted by Gasteiger charge is 2.53. The van der Waals surface area contributed by atoms with Crippen molar-refractivity contribution in [3.63, 3.8) is 0 Å². The number of amides is 3. The maximum absolute atomic E-state index is 13.4. The summed E-state index contributed by atoms with van der Waals surface area (Å²) in [5, 5.41) is 3.01. The molecule has 4 rings (SSSR count). The van der Waals surface area contributed by atoms with Gasteiger partial charge in [-0.25, -0.2) is 4.79 Å². The van der Waals surface area contributed by atoms with Gasteiger partial charge in [0.05, 0.1) is 13.2 Å². The summed E-state index contributed by atoms with van der Waals surface area (Å²) in [6.07, 6.45) is 4.43. The zero-order chi connectivity index (χ0) is 21.0. The summed E-state index contributed by atoms with van der Waals surface area (Å²) in [6.45, 7) is 3.19. The Kier molecular flexibility index (Phi) is 5.93. The fourth-order valence-electron chi connectivity index (χ4n) is 4.28. The Morgan fingerprint density at radius 3 is 2.40 bits per heavy atom. The summed E-state index contributed by atoms with van der Waals surface area (Å²) >= 11 is 0. The van der Waals surface area contributed by atoms with Gasteiger partial charge in [0.1, 0.15) is 23.6 Å². The van der Waals surface area contributed by atoms with Crippen LogP contribution in [0, 0.1) is 0 Å². The Morgan fingerprint density at radius 1 is 0.967 bits per heavy atom. The molecule has 1 saturated heterocycles. The summed E-state index contributed by atoms with van der Waals surface area (Å²) in [5.41, 5.74) is 1.14. The SMILES string of the molecule is CCCOc1ccc(OCCN2C(=O)NC3(CCCCc4ccccc43)C2=O)cc1. The zero-order valence-electron chi connectivity index (χ0n) is 17.4. The van der Waals surface area contributed by atoms with Crippen molar-refractivity contribution in [1.82, 2.24) is 10.2 Å². The lowest BCUT2D eigenvalue weighted by Crippen LogP contribution is -2.44. The van der Waals surface area contributed by atoms with Crippen molar-refractivity contribution in [2.24, 2.45) is 0 Å². The predicted octanol–water partition coefficient (Wildman–Crippen LogP) is 4.03. The van der Waals surface area contributed by atoms with Crippen LogP contribution in [0.1, 0.15) is 43.7 Å². The van der Waals surface area contributed by atoms with Gasteiger partial charge in [-0.3, -0.25) is 9.69 Å². The predicted molar refractivity (Wildman–Crippen MR) is 114 cm³/mol. The molecule has 0 aromatic heterocycles. The topological polar surface area (TPSA) is 67.9 Å². The smallest absolute Gasteiger partial charge is 0.325 e. The number of nitrogens with one attached hydrogen (secondary N) is 1. The molecule has 0 bridgehead atoms. The molecule has 0 saturated carbocycles. The second-order valence-corrected chi connectivity index (χ2v) is 7.82. The minimum Gasteiger partial charge on any atom is -0.494 e. The molecule has 1 N–H and O–H groups in total. The van der Waals surface area contributed by atoms with Crippen LogP contribution in [0.3, 0.4) is 0 Å². The van der Waals surface area contributed by atoms with Crippen molar-refractivity contribution in [3.8, 4) is 11.5 Å². The van der Waals surface area contributed by atoms with Gasteiger partial charge in [-0.1, -0.05) is 31.2 Å². The van der Waals surface area contributed by atoms with E-state index < -0.39 is 5.54 Å². The van der Waals surface area contributed by atoms with Crippen molar-refractivity contribution < 1.29 is 19.1 Å². The number of nitrogens with zero attached hydrogens (tertiary/aromatic N) is 1. The van der Waals surface area contributed by atoms with Crippen molar-refractivity contribution >= 4 is 11.9 Å². The van der Waals surface area contributed by atoms with Crippen molar-refractivity contribution in [3.05, 3.63) is 59.7 Å². The first-order valence-electron chi connectivity index (χ1n) is 10.7. The first kappa shape index (κ1) is 20.3. The van der Waals surface area contributed by atoms with E-state index in [4.69, 9.17) is 9.47 Å². The average Bonchev–Trinajstić information content (AvgIpc) is 2.90. The molecule has 2 aromatic rings. The number of urea groups is 1. The quantitative estimate of drug-likeness (QED) is 0.703. The average molecular weight is 408 g/mol. The van der Waals surface area contributed by atoms with Crippen LogP contribution in [0.25, 0.3) is 0 Å². The van der Waals surface area contributed by atoms with Crippen LogP contribution in [0.2, 0.25) is 0 Å². The van der Waals surface area contributed by atoms with E-state index in [0.29, 0.717) is 18.8 Å². The lowest BCUT2D eigenvalue weighted by molar-refractivity contribution is -0.132. The van der Waals surface area contributed by atoms with Crippen LogP contribution in [-0.4, -0.2) is 36.6 Å². The molecular formula is C24H28N2O4. The molecule has 2 aliphatic rings. The third-order valence-corrected chi connectivity index (χ3v) is 5.78. The Hall–Kier alpha value is -3.02. The van der Waals surface area contributed by atoms with Gasteiger partial charge >= 0.3 is 6.03 Å². The number of benzene rings is 2. The lowest BCUT2D eigenvalue weighted by Gasteiger charge is -2.27. The molecule has 0 radical (unpaired) electrons. The molecule has 1 heterocycles. The fourth-order valence-corrected chi connectivity index (χ4v) is 4.28. The standard InChI is InChI=1S/C24H28N2O4/c1-2-16-29-19-10-12-20(13-11-19)30-17-15-26-22(27)24(25-23(26)28)14-6-5-8-18-7-3-4-9-21(18)24/h3-4,7,9-13H,2,5-6,8,14-17H2,1H3,(H,25,28). The van der Waals surface area contributed by atoms with E-state index in [1.807, 2.05) is 42.5 Å². The van der Waals surface area contributed by atoms with Crippen LogP contribution in [0.5, 0.6) is 11.5 Å². The molecule has 1 aliphatic carbocycles. The Bertz CT molecular complexity index is 912. The molecule has 2 aromatic carbocycles. The van der Waals surface area contributed by atoms with E-state index in [-0.39, 0.29) is 25.1 Å². The van der Waals surface area contributed by atoms with Gasteiger partial charge in [0.15, 0.2) is 0 Å². The summed E-state index contributed by atoms with van der Waals surface area (Å²) in [5.74, 6) is 1.31. The summed E-state index contributed by atoms with van der Waals surface area (Å²) in [6, 6.07) is 15.0. The molecule has 6 nitrogen and oxygen atoms in total.